The van der Waals surface area contributed by atoms with Crippen LogP contribution in [0.1, 0.15) is 74.4 Å². The number of esters is 2. The Morgan fingerprint density at radius 1 is 0.705 bits per heavy atom. The fourth-order valence-corrected chi connectivity index (χ4v) is 9.59. The Labute approximate surface area is 357 Å². The number of thioether (sulfide) groups is 1. The summed E-state index contributed by atoms with van der Waals surface area (Å²) in [5.41, 5.74) is 2.21. The number of nitrogens with zero attached hydrogens (tertiary/aromatic N) is 2. The summed E-state index contributed by atoms with van der Waals surface area (Å²) in [5.74, 6) is -3.03. The molecular weight excluding hydrogens is 791 g/mol. The molecule has 3 unspecified atom stereocenters. The van der Waals surface area contributed by atoms with E-state index in [1.807, 2.05) is 121 Å². The predicted octanol–water partition coefficient (Wildman–Crippen LogP) is 7.06. The third-order valence-corrected chi connectivity index (χ3v) is 12.9. The molecule has 4 atom stereocenters. The zero-order chi connectivity index (χ0) is 42.5. The smallest absolute Gasteiger partial charge is 0.330 e. The Balaban J connectivity index is 0.921. The molecule has 2 fully saturated rings. The van der Waals surface area contributed by atoms with Crippen LogP contribution in [0.4, 0.5) is 0 Å². The molecule has 1 N–H and O–H groups in total. The summed E-state index contributed by atoms with van der Waals surface area (Å²) in [6.45, 7) is 4.01. The Hall–Kier alpha value is -6.79. The average Bonchev–Trinajstić information content (AvgIpc) is 3.56. The Bertz CT molecular complexity index is 2340. The van der Waals surface area contributed by atoms with Crippen molar-refractivity contribution in [2.45, 2.75) is 48.9 Å². The Kier molecular flexibility index (Phi) is 12.0. The first-order valence-electron chi connectivity index (χ1n) is 20.1. The number of hydrogen-bond acceptors (Lipinski definition) is 9. The van der Waals surface area contributed by atoms with Gasteiger partial charge in [0, 0.05) is 18.7 Å². The monoisotopic (exact) mass is 833 g/mol. The number of benzene rings is 5. The van der Waals surface area contributed by atoms with E-state index < -0.39 is 64.7 Å². The number of fused-ring (bicyclic) bond motifs is 2. The molecule has 3 heterocycles. The maximum Gasteiger partial charge on any atom is 0.330 e. The maximum atomic E-state index is 14.2. The second-order valence-electron chi connectivity index (χ2n) is 15.3. The van der Waals surface area contributed by atoms with Crippen LogP contribution >= 0.6 is 11.8 Å². The topological polar surface area (TPSA) is 139 Å². The second-order valence-corrected chi connectivity index (χ2v) is 16.4. The number of hydrogen-bond donors (Lipinski definition) is 1. The molecule has 4 amide bonds. The van der Waals surface area contributed by atoms with E-state index in [-0.39, 0.29) is 48.6 Å². The lowest BCUT2D eigenvalue weighted by Crippen LogP contribution is -2.73. The summed E-state index contributed by atoms with van der Waals surface area (Å²) in [6, 6.07) is 41.4. The molecule has 12 heteroatoms. The molecule has 308 valence electrons. The summed E-state index contributed by atoms with van der Waals surface area (Å²) in [4.78, 5) is 85.0. The lowest BCUT2D eigenvalue weighted by Gasteiger charge is -2.53. The van der Waals surface area contributed by atoms with E-state index in [4.69, 9.17) is 9.47 Å². The van der Waals surface area contributed by atoms with Gasteiger partial charge in [-0.1, -0.05) is 140 Å². The van der Waals surface area contributed by atoms with Crippen LogP contribution in [0.15, 0.2) is 158 Å². The first-order valence-corrected chi connectivity index (χ1v) is 21.2. The SMILES string of the molecule is C=CC1(C(=O)OC(c2ccccc2)c2ccccc2)CS[C@@H]2C(NC(=O)CCCC(C(=O)OC(c3ccccc3)c3ccccc3)N3C(=O)c4ccccc4C3=O)C(=O)N2C1. The highest BCUT2D eigenvalue weighted by molar-refractivity contribution is 8.00. The van der Waals surface area contributed by atoms with Crippen LogP contribution in [0.3, 0.4) is 0 Å². The molecular formula is C49H43N3O8S. The number of nitrogens with one attached hydrogen (secondary N) is 1. The number of ether oxygens (including phenoxy) is 2. The first-order chi connectivity index (χ1) is 29.7. The van der Waals surface area contributed by atoms with Gasteiger partial charge in [-0.3, -0.25) is 28.9 Å². The fourth-order valence-electron chi connectivity index (χ4n) is 8.06. The quantitative estimate of drug-likeness (QED) is 0.0509. The van der Waals surface area contributed by atoms with Gasteiger partial charge in [-0.05, 0) is 47.2 Å². The minimum Gasteiger partial charge on any atom is -0.452 e. The molecule has 2 saturated heterocycles. The Morgan fingerprint density at radius 3 is 1.64 bits per heavy atom. The lowest BCUT2D eigenvalue weighted by atomic mass is 9.87. The molecule has 0 aliphatic carbocycles. The van der Waals surface area contributed by atoms with Crippen molar-refractivity contribution in [3.05, 3.63) is 192 Å². The molecule has 0 bridgehead atoms. The van der Waals surface area contributed by atoms with E-state index in [9.17, 15) is 28.8 Å². The van der Waals surface area contributed by atoms with Crippen molar-refractivity contribution in [1.29, 1.82) is 0 Å². The molecule has 0 spiro atoms. The van der Waals surface area contributed by atoms with Crippen molar-refractivity contribution in [2.75, 3.05) is 12.3 Å². The standard InChI is InChI=1S/C49H43N3O8S/c1-2-49(48(58)60-42(34-22-11-5-12-23-34)35-24-13-6-14-25-35)30-51-45(56)40(46(51)61-31-49)50-39(53)29-17-28-38(52-43(54)36-26-15-16-27-37(36)44(52)55)47(57)59-41(32-18-7-3-8-19-32)33-20-9-4-10-21-33/h2-16,18-27,38,40-42,46H,1,17,28-31H2,(H,50,53)/t38?,40?,46-,49?/m1/s1. The highest BCUT2D eigenvalue weighted by Gasteiger charge is 2.57. The summed E-state index contributed by atoms with van der Waals surface area (Å²) < 4.78 is 12.3. The van der Waals surface area contributed by atoms with Gasteiger partial charge in [0.1, 0.15) is 22.9 Å². The highest BCUT2D eigenvalue weighted by atomic mass is 32.2. The van der Waals surface area contributed by atoms with Gasteiger partial charge in [0.05, 0.1) is 11.1 Å². The largest absolute Gasteiger partial charge is 0.452 e. The molecule has 8 rings (SSSR count). The molecule has 3 aliphatic rings. The van der Waals surface area contributed by atoms with E-state index in [2.05, 4.69) is 11.9 Å². The summed E-state index contributed by atoms with van der Waals surface area (Å²) in [7, 11) is 0. The number of amides is 4. The minimum atomic E-state index is -1.33. The van der Waals surface area contributed by atoms with Gasteiger partial charge >= 0.3 is 11.9 Å². The molecule has 61 heavy (non-hydrogen) atoms. The maximum absolute atomic E-state index is 14.2. The number of carbonyl (C=O) groups is 6. The van der Waals surface area contributed by atoms with E-state index in [0.717, 1.165) is 16.0 Å². The van der Waals surface area contributed by atoms with Gasteiger partial charge in [-0.25, -0.2) is 4.79 Å². The third kappa shape index (κ3) is 8.23. The first kappa shape index (κ1) is 41.0. The van der Waals surface area contributed by atoms with Crippen LogP contribution in [0.5, 0.6) is 0 Å². The molecule has 5 aromatic rings. The molecule has 5 aromatic carbocycles. The van der Waals surface area contributed by atoms with Gasteiger partial charge in [-0.2, -0.15) is 0 Å². The minimum absolute atomic E-state index is 0.0472. The summed E-state index contributed by atoms with van der Waals surface area (Å²) in [5, 5.41) is 2.43. The zero-order valence-electron chi connectivity index (χ0n) is 33.1. The van der Waals surface area contributed by atoms with Crippen LogP contribution in [0.2, 0.25) is 0 Å². The number of carbonyl (C=O) groups excluding carboxylic acids is 6. The van der Waals surface area contributed by atoms with E-state index >= 15 is 0 Å². The van der Waals surface area contributed by atoms with Crippen molar-refractivity contribution in [2.24, 2.45) is 5.41 Å². The van der Waals surface area contributed by atoms with Gasteiger partial charge in [0.15, 0.2) is 12.2 Å². The van der Waals surface area contributed by atoms with Crippen LogP contribution < -0.4 is 5.32 Å². The second kappa shape index (κ2) is 17.8. The van der Waals surface area contributed by atoms with Gasteiger partial charge < -0.3 is 19.7 Å². The number of imide groups is 1. The molecule has 11 nitrogen and oxygen atoms in total. The zero-order valence-corrected chi connectivity index (χ0v) is 33.9. The van der Waals surface area contributed by atoms with Gasteiger partial charge in [0.25, 0.3) is 11.8 Å². The predicted molar refractivity (Wildman–Crippen MR) is 229 cm³/mol. The third-order valence-electron chi connectivity index (χ3n) is 11.4. The number of β-lactam (4-membered cyclic amide) rings is 1. The molecule has 0 radical (unpaired) electrons. The van der Waals surface area contributed by atoms with Crippen molar-refractivity contribution < 1.29 is 38.2 Å². The molecule has 3 aliphatic heterocycles. The van der Waals surface area contributed by atoms with Crippen LogP contribution in [0.25, 0.3) is 0 Å². The van der Waals surface area contributed by atoms with Crippen molar-refractivity contribution in [3.63, 3.8) is 0 Å². The van der Waals surface area contributed by atoms with Gasteiger partial charge in [0.2, 0.25) is 11.8 Å². The van der Waals surface area contributed by atoms with E-state index in [0.29, 0.717) is 11.1 Å². The normalized spacial score (nSPS) is 19.7. The molecule has 0 saturated carbocycles. The summed E-state index contributed by atoms with van der Waals surface area (Å²) in [6.07, 6.45) is -0.0132. The summed E-state index contributed by atoms with van der Waals surface area (Å²) >= 11 is 1.37. The van der Waals surface area contributed by atoms with E-state index in [1.165, 1.54) is 11.8 Å². The van der Waals surface area contributed by atoms with Crippen molar-refractivity contribution in [3.8, 4) is 0 Å². The molecule has 0 aromatic heterocycles. The number of rotatable bonds is 15. The van der Waals surface area contributed by atoms with Crippen molar-refractivity contribution in [1.82, 2.24) is 15.1 Å². The lowest BCUT2D eigenvalue weighted by molar-refractivity contribution is -0.162. The highest BCUT2D eigenvalue weighted by Crippen LogP contribution is 2.44. The van der Waals surface area contributed by atoms with Crippen LogP contribution in [-0.4, -0.2) is 75.1 Å². The van der Waals surface area contributed by atoms with Crippen LogP contribution in [-0.2, 0) is 28.7 Å². The Morgan fingerprint density at radius 2 is 1.16 bits per heavy atom. The fraction of sp³-hybridized carbons (Fsp3) is 0.224. The van der Waals surface area contributed by atoms with Crippen molar-refractivity contribution >= 4 is 47.3 Å². The van der Waals surface area contributed by atoms with E-state index in [1.54, 1.807) is 35.2 Å². The van der Waals surface area contributed by atoms with Gasteiger partial charge in [-0.15, -0.1) is 18.3 Å². The average molecular weight is 834 g/mol. The van der Waals surface area contributed by atoms with Crippen LogP contribution in [0, 0.1) is 5.41 Å².